The Hall–Kier alpha value is -1.45. The maximum atomic E-state index is 12.1. The van der Waals surface area contributed by atoms with Gasteiger partial charge in [-0.25, -0.2) is 9.97 Å². The summed E-state index contributed by atoms with van der Waals surface area (Å²) in [6.07, 6.45) is 11.3. The molecule has 20 heavy (non-hydrogen) atoms. The third-order valence-corrected chi connectivity index (χ3v) is 5.60. The molecule has 4 saturated carbocycles. The zero-order valence-electron chi connectivity index (χ0n) is 11.7. The lowest BCUT2D eigenvalue weighted by atomic mass is 9.49. The second kappa shape index (κ2) is 4.54. The molecule has 4 nitrogen and oxygen atoms in total. The summed E-state index contributed by atoms with van der Waals surface area (Å²) in [6.45, 7) is 0.833. The lowest BCUT2D eigenvalue weighted by Crippen LogP contribution is -2.51. The van der Waals surface area contributed by atoms with Gasteiger partial charge in [-0.05, 0) is 67.8 Å². The van der Waals surface area contributed by atoms with E-state index in [0.29, 0.717) is 11.1 Å². The zero-order valence-corrected chi connectivity index (χ0v) is 11.7. The highest BCUT2D eigenvalue weighted by molar-refractivity contribution is 5.92. The molecule has 4 aliphatic carbocycles. The summed E-state index contributed by atoms with van der Waals surface area (Å²) in [7, 11) is 0. The van der Waals surface area contributed by atoms with Crippen molar-refractivity contribution in [3.05, 3.63) is 24.3 Å². The van der Waals surface area contributed by atoms with Crippen LogP contribution in [0.1, 0.15) is 49.0 Å². The van der Waals surface area contributed by atoms with Crippen LogP contribution < -0.4 is 5.32 Å². The third kappa shape index (κ3) is 2.11. The van der Waals surface area contributed by atoms with Crippen molar-refractivity contribution in [2.75, 3.05) is 6.54 Å². The molecule has 1 amide bonds. The Kier molecular flexibility index (Phi) is 2.79. The minimum atomic E-state index is -0.0526. The number of rotatable bonds is 3. The van der Waals surface area contributed by atoms with Gasteiger partial charge in [-0.2, -0.15) is 0 Å². The van der Waals surface area contributed by atoms with Crippen LogP contribution in [0.3, 0.4) is 0 Å². The number of hydrogen-bond donors (Lipinski definition) is 1. The second-order valence-corrected chi connectivity index (χ2v) is 7.19. The largest absolute Gasteiger partial charge is 0.350 e. The maximum Gasteiger partial charge on any atom is 0.270 e. The van der Waals surface area contributed by atoms with Crippen LogP contribution in [0.15, 0.2) is 18.6 Å². The summed E-state index contributed by atoms with van der Waals surface area (Å²) in [6, 6.07) is 1.68. The van der Waals surface area contributed by atoms with E-state index in [0.717, 1.165) is 24.3 Å². The smallest absolute Gasteiger partial charge is 0.270 e. The van der Waals surface area contributed by atoms with Crippen molar-refractivity contribution in [1.29, 1.82) is 0 Å². The molecule has 1 N–H and O–H groups in total. The molecule has 0 aliphatic heterocycles. The van der Waals surface area contributed by atoms with Gasteiger partial charge in [0.1, 0.15) is 12.0 Å². The van der Waals surface area contributed by atoms with Gasteiger partial charge in [0.05, 0.1) is 0 Å². The Labute approximate surface area is 119 Å². The SMILES string of the molecule is O=C(NCC12CC3CC(CC(C3)C1)C2)c1ccncn1. The molecule has 4 heteroatoms. The maximum absolute atomic E-state index is 12.1. The quantitative estimate of drug-likeness (QED) is 0.918. The average molecular weight is 271 g/mol. The van der Waals surface area contributed by atoms with E-state index in [2.05, 4.69) is 15.3 Å². The summed E-state index contributed by atoms with van der Waals surface area (Å²) in [5, 5.41) is 3.13. The highest BCUT2D eigenvalue weighted by Crippen LogP contribution is 2.59. The average Bonchev–Trinajstić information content (AvgIpc) is 2.44. The van der Waals surface area contributed by atoms with Gasteiger partial charge in [0.15, 0.2) is 0 Å². The predicted octanol–water partition coefficient (Wildman–Crippen LogP) is 2.42. The molecule has 106 valence electrons. The third-order valence-electron chi connectivity index (χ3n) is 5.60. The Morgan fingerprint density at radius 3 is 2.40 bits per heavy atom. The van der Waals surface area contributed by atoms with E-state index in [1.165, 1.54) is 44.9 Å². The van der Waals surface area contributed by atoms with Crippen LogP contribution in [0, 0.1) is 23.2 Å². The minimum Gasteiger partial charge on any atom is -0.350 e. The number of aromatic nitrogens is 2. The summed E-state index contributed by atoms with van der Waals surface area (Å²) in [5.74, 6) is 2.73. The van der Waals surface area contributed by atoms with E-state index in [4.69, 9.17) is 0 Å². The lowest BCUT2D eigenvalue weighted by molar-refractivity contribution is -0.0503. The Morgan fingerprint density at radius 2 is 1.85 bits per heavy atom. The molecule has 0 radical (unpaired) electrons. The van der Waals surface area contributed by atoms with Crippen LogP contribution in [0.2, 0.25) is 0 Å². The standard InChI is InChI=1S/C16H21N3O/c20-15(14-1-2-17-10-19-14)18-9-16-6-11-3-12(7-16)5-13(4-11)8-16/h1-2,10-13H,3-9H2,(H,18,20). The van der Waals surface area contributed by atoms with E-state index in [-0.39, 0.29) is 5.91 Å². The molecule has 4 aliphatic rings. The topological polar surface area (TPSA) is 54.9 Å². The first-order chi connectivity index (χ1) is 9.72. The van der Waals surface area contributed by atoms with E-state index >= 15 is 0 Å². The van der Waals surface area contributed by atoms with Gasteiger partial charge in [-0.3, -0.25) is 4.79 Å². The molecular weight excluding hydrogens is 250 g/mol. The fraction of sp³-hybridized carbons (Fsp3) is 0.688. The molecule has 0 aromatic carbocycles. The Bertz CT molecular complexity index is 478. The molecule has 0 spiro atoms. The fourth-order valence-corrected chi connectivity index (χ4v) is 5.29. The van der Waals surface area contributed by atoms with Crippen LogP contribution in [0.25, 0.3) is 0 Å². The molecule has 4 fully saturated rings. The van der Waals surface area contributed by atoms with Crippen LogP contribution in [-0.4, -0.2) is 22.4 Å². The Balaban J connectivity index is 1.43. The first kappa shape index (κ1) is 12.3. The van der Waals surface area contributed by atoms with E-state index in [1.54, 1.807) is 12.3 Å². The van der Waals surface area contributed by atoms with Crippen LogP contribution >= 0.6 is 0 Å². The normalized spacial score (nSPS) is 37.9. The number of nitrogens with zero attached hydrogens (tertiary/aromatic N) is 2. The number of carbonyl (C=O) groups is 1. The summed E-state index contributed by atoms with van der Waals surface area (Å²) < 4.78 is 0. The first-order valence-electron chi connectivity index (χ1n) is 7.77. The van der Waals surface area contributed by atoms with E-state index < -0.39 is 0 Å². The van der Waals surface area contributed by atoms with Crippen molar-refractivity contribution in [3.8, 4) is 0 Å². The van der Waals surface area contributed by atoms with E-state index in [1.807, 2.05) is 0 Å². The summed E-state index contributed by atoms with van der Waals surface area (Å²) in [4.78, 5) is 20.0. The number of nitrogens with one attached hydrogen (secondary N) is 1. The number of carbonyl (C=O) groups excluding carboxylic acids is 1. The molecule has 1 aromatic rings. The number of amides is 1. The van der Waals surface area contributed by atoms with Crippen molar-refractivity contribution in [1.82, 2.24) is 15.3 Å². The summed E-state index contributed by atoms with van der Waals surface area (Å²) in [5.41, 5.74) is 0.863. The van der Waals surface area contributed by atoms with Crippen LogP contribution in [0.5, 0.6) is 0 Å². The van der Waals surface area contributed by atoms with E-state index in [9.17, 15) is 4.79 Å². The predicted molar refractivity (Wildman–Crippen MR) is 75.0 cm³/mol. The van der Waals surface area contributed by atoms with Crippen LogP contribution in [0.4, 0.5) is 0 Å². The van der Waals surface area contributed by atoms with Gasteiger partial charge < -0.3 is 5.32 Å². The molecule has 1 heterocycles. The van der Waals surface area contributed by atoms with Crippen LogP contribution in [-0.2, 0) is 0 Å². The lowest BCUT2D eigenvalue weighted by Gasteiger charge is -2.56. The van der Waals surface area contributed by atoms with Crippen molar-refractivity contribution in [2.24, 2.45) is 23.2 Å². The Morgan fingerprint density at radius 1 is 1.20 bits per heavy atom. The van der Waals surface area contributed by atoms with Gasteiger partial charge in [-0.1, -0.05) is 0 Å². The van der Waals surface area contributed by atoms with Gasteiger partial charge in [-0.15, -0.1) is 0 Å². The molecule has 5 rings (SSSR count). The monoisotopic (exact) mass is 271 g/mol. The van der Waals surface area contributed by atoms with Crippen molar-refractivity contribution in [2.45, 2.75) is 38.5 Å². The fourth-order valence-electron chi connectivity index (χ4n) is 5.29. The highest BCUT2D eigenvalue weighted by Gasteiger charge is 2.50. The van der Waals surface area contributed by atoms with Gasteiger partial charge in [0, 0.05) is 12.7 Å². The van der Waals surface area contributed by atoms with Crippen molar-refractivity contribution in [3.63, 3.8) is 0 Å². The molecule has 4 bridgehead atoms. The second-order valence-electron chi connectivity index (χ2n) is 7.19. The minimum absolute atomic E-state index is 0.0526. The highest BCUT2D eigenvalue weighted by atomic mass is 16.1. The molecular formula is C16H21N3O. The van der Waals surface area contributed by atoms with Crippen molar-refractivity contribution >= 4 is 5.91 Å². The van der Waals surface area contributed by atoms with Gasteiger partial charge >= 0.3 is 0 Å². The number of hydrogen-bond acceptors (Lipinski definition) is 3. The molecule has 0 atom stereocenters. The zero-order chi connectivity index (χ0) is 13.6. The van der Waals surface area contributed by atoms with Crippen molar-refractivity contribution < 1.29 is 4.79 Å². The van der Waals surface area contributed by atoms with Gasteiger partial charge in [0.2, 0.25) is 0 Å². The summed E-state index contributed by atoms with van der Waals surface area (Å²) >= 11 is 0. The molecule has 0 unspecified atom stereocenters. The van der Waals surface area contributed by atoms with Gasteiger partial charge in [0.25, 0.3) is 5.91 Å². The molecule has 0 saturated heterocycles. The molecule has 1 aromatic heterocycles. The first-order valence-corrected chi connectivity index (χ1v) is 7.77.